The molecule has 2 aromatic carbocycles. The van der Waals surface area contributed by atoms with Gasteiger partial charge in [-0.1, -0.05) is 42.0 Å². The number of benzene rings is 2. The van der Waals surface area contributed by atoms with Gasteiger partial charge in [-0.3, -0.25) is 9.80 Å². The number of ether oxygens (including phenoxy) is 1. The lowest BCUT2D eigenvalue weighted by molar-refractivity contribution is -0.139. The van der Waals surface area contributed by atoms with Crippen LogP contribution in [0, 0.1) is 13.8 Å². The Morgan fingerprint density at radius 1 is 1.11 bits per heavy atom. The summed E-state index contributed by atoms with van der Waals surface area (Å²) in [7, 11) is -1.99. The molecule has 4 rings (SSSR count). The predicted octanol–water partition coefficient (Wildman–Crippen LogP) is 3.21. The second-order valence-electron chi connectivity index (χ2n) is 9.90. The highest BCUT2D eigenvalue weighted by Gasteiger charge is 2.39. The van der Waals surface area contributed by atoms with Crippen LogP contribution in [0.25, 0.3) is 0 Å². The zero-order chi connectivity index (χ0) is 27.6. The van der Waals surface area contributed by atoms with Gasteiger partial charge in [0.15, 0.2) is 0 Å². The minimum Gasteiger partial charge on any atom is -0.463 e. The molecule has 2 amide bonds. The van der Waals surface area contributed by atoms with Gasteiger partial charge in [0.1, 0.15) is 0 Å². The van der Waals surface area contributed by atoms with Gasteiger partial charge < -0.3 is 10.1 Å². The van der Waals surface area contributed by atoms with Crippen molar-refractivity contribution >= 4 is 22.0 Å². The predicted molar refractivity (Wildman–Crippen MR) is 145 cm³/mol. The first-order valence-corrected chi connectivity index (χ1v) is 14.3. The summed E-state index contributed by atoms with van der Waals surface area (Å²) in [5.41, 5.74) is 3.85. The molecule has 1 N–H and O–H groups in total. The molecule has 0 spiro atoms. The number of carbonyl (C=O) groups excluding carboxylic acids is 2. The Hall–Kier alpha value is -3.21. The van der Waals surface area contributed by atoms with Crippen molar-refractivity contribution in [3.8, 4) is 0 Å². The van der Waals surface area contributed by atoms with E-state index in [4.69, 9.17) is 4.74 Å². The molecular formula is C28H36N4O5S. The lowest BCUT2D eigenvalue weighted by atomic mass is 9.90. The lowest BCUT2D eigenvalue weighted by Crippen LogP contribution is -2.56. The number of rotatable bonds is 7. The van der Waals surface area contributed by atoms with E-state index < -0.39 is 22.0 Å². The van der Waals surface area contributed by atoms with Crippen LogP contribution in [0.1, 0.15) is 36.6 Å². The number of hydrogen-bond donors (Lipinski definition) is 1. The fourth-order valence-corrected chi connectivity index (χ4v) is 6.87. The Balaban J connectivity index is 1.65. The highest BCUT2D eigenvalue weighted by atomic mass is 32.2. The van der Waals surface area contributed by atoms with Crippen LogP contribution in [0.5, 0.6) is 0 Å². The smallest absolute Gasteiger partial charge is 0.338 e. The molecule has 2 atom stereocenters. The van der Waals surface area contributed by atoms with Gasteiger partial charge in [-0.05, 0) is 51.0 Å². The highest BCUT2D eigenvalue weighted by Crippen LogP contribution is 2.34. The molecule has 10 heteroatoms. The van der Waals surface area contributed by atoms with Crippen LogP contribution in [0.2, 0.25) is 0 Å². The van der Waals surface area contributed by atoms with Gasteiger partial charge in [0.05, 0.1) is 23.1 Å². The molecule has 0 radical (unpaired) electrons. The van der Waals surface area contributed by atoms with Crippen LogP contribution in [0.4, 0.5) is 4.79 Å². The Morgan fingerprint density at radius 3 is 2.45 bits per heavy atom. The van der Waals surface area contributed by atoms with E-state index in [0.29, 0.717) is 37.4 Å². The van der Waals surface area contributed by atoms with Gasteiger partial charge in [0.2, 0.25) is 10.0 Å². The first-order chi connectivity index (χ1) is 18.0. The summed E-state index contributed by atoms with van der Waals surface area (Å²) < 4.78 is 33.4. The SMILES string of the molecule is CCOC(=O)C1=C(CN2CCN(S(=O)(=O)c3ccccc3)C(C)C2)N(C)C(=O)NC1c1ccc(C)cc1C. The van der Waals surface area contributed by atoms with Gasteiger partial charge in [-0.2, -0.15) is 4.31 Å². The summed E-state index contributed by atoms with van der Waals surface area (Å²) in [4.78, 5) is 30.2. The molecule has 0 bridgehead atoms. The number of hydrogen-bond acceptors (Lipinski definition) is 6. The zero-order valence-corrected chi connectivity index (χ0v) is 23.4. The topological polar surface area (TPSA) is 99.3 Å². The Bertz CT molecular complexity index is 1340. The molecule has 2 aliphatic heterocycles. The fourth-order valence-electron chi connectivity index (χ4n) is 5.24. The van der Waals surface area contributed by atoms with Crippen LogP contribution in [0.15, 0.2) is 64.7 Å². The van der Waals surface area contributed by atoms with Gasteiger partial charge in [0, 0.05) is 45.0 Å². The molecule has 0 aromatic heterocycles. The van der Waals surface area contributed by atoms with Crippen LogP contribution < -0.4 is 5.32 Å². The van der Waals surface area contributed by atoms with Gasteiger partial charge in [0.25, 0.3) is 0 Å². The van der Waals surface area contributed by atoms with Crippen LogP contribution in [-0.2, 0) is 19.6 Å². The van der Waals surface area contributed by atoms with E-state index in [9.17, 15) is 18.0 Å². The van der Waals surface area contributed by atoms with E-state index in [-0.39, 0.29) is 23.6 Å². The van der Waals surface area contributed by atoms with Crippen molar-refractivity contribution in [2.24, 2.45) is 0 Å². The van der Waals surface area contributed by atoms with Crippen molar-refractivity contribution in [1.82, 2.24) is 19.4 Å². The summed E-state index contributed by atoms with van der Waals surface area (Å²) in [5, 5.41) is 2.98. The third-order valence-corrected chi connectivity index (χ3v) is 9.21. The number of sulfonamides is 1. The van der Waals surface area contributed by atoms with Crippen molar-refractivity contribution in [2.75, 3.05) is 39.8 Å². The number of esters is 1. The van der Waals surface area contributed by atoms with Crippen molar-refractivity contribution in [3.63, 3.8) is 0 Å². The number of piperazine rings is 1. The van der Waals surface area contributed by atoms with E-state index in [1.165, 1.54) is 9.21 Å². The summed E-state index contributed by atoms with van der Waals surface area (Å²) >= 11 is 0. The molecule has 2 unspecified atom stereocenters. The molecular weight excluding hydrogens is 504 g/mol. The first-order valence-electron chi connectivity index (χ1n) is 12.8. The lowest BCUT2D eigenvalue weighted by Gasteiger charge is -2.41. The fraction of sp³-hybridized carbons (Fsp3) is 0.429. The third kappa shape index (κ3) is 5.48. The maximum absolute atomic E-state index is 13.3. The number of aryl methyl sites for hydroxylation is 2. The molecule has 204 valence electrons. The van der Waals surface area contributed by atoms with Crippen LogP contribution in [0.3, 0.4) is 0 Å². The molecule has 0 saturated carbocycles. The number of carbonyl (C=O) groups is 2. The van der Waals surface area contributed by atoms with Crippen molar-refractivity contribution in [3.05, 3.63) is 76.5 Å². The standard InChI is InChI=1S/C28H36N4O5S/c1-6-37-27(33)25-24(30(5)28(34)29-26(25)23-13-12-19(2)16-20(23)3)18-31-14-15-32(21(4)17-31)38(35,36)22-10-8-7-9-11-22/h7-13,16,21,26H,6,14-15,17-18H2,1-5H3,(H,29,34). The summed E-state index contributed by atoms with van der Waals surface area (Å²) in [6.45, 7) is 9.32. The Labute approximate surface area is 225 Å². The maximum atomic E-state index is 13.3. The molecule has 1 fully saturated rings. The number of nitrogens with zero attached hydrogens (tertiary/aromatic N) is 3. The maximum Gasteiger partial charge on any atom is 0.338 e. The number of urea groups is 1. The molecule has 9 nitrogen and oxygen atoms in total. The van der Waals surface area contributed by atoms with Gasteiger partial charge in [-0.15, -0.1) is 0 Å². The van der Waals surface area contributed by atoms with E-state index in [1.807, 2.05) is 39.0 Å². The second kappa shape index (κ2) is 11.3. The summed E-state index contributed by atoms with van der Waals surface area (Å²) in [6, 6.07) is 13.1. The second-order valence-corrected chi connectivity index (χ2v) is 11.8. The summed E-state index contributed by atoms with van der Waals surface area (Å²) in [5.74, 6) is -0.474. The van der Waals surface area contributed by atoms with Crippen molar-refractivity contribution in [2.45, 2.75) is 44.7 Å². The van der Waals surface area contributed by atoms with Gasteiger partial charge in [-0.25, -0.2) is 18.0 Å². The van der Waals surface area contributed by atoms with Gasteiger partial charge >= 0.3 is 12.0 Å². The van der Waals surface area contributed by atoms with Crippen LogP contribution in [-0.4, -0.2) is 80.4 Å². The molecule has 2 aliphatic rings. The zero-order valence-electron chi connectivity index (χ0n) is 22.6. The minimum absolute atomic E-state index is 0.208. The Kier molecular flexibility index (Phi) is 8.25. The molecule has 0 aliphatic carbocycles. The normalized spacial score (nSPS) is 21.4. The molecule has 38 heavy (non-hydrogen) atoms. The molecule has 1 saturated heterocycles. The van der Waals surface area contributed by atoms with E-state index in [0.717, 1.165) is 16.7 Å². The third-order valence-electron chi connectivity index (χ3n) is 7.18. The van der Waals surface area contributed by atoms with E-state index in [2.05, 4.69) is 10.2 Å². The van der Waals surface area contributed by atoms with Crippen LogP contribution >= 0.6 is 0 Å². The largest absolute Gasteiger partial charge is 0.463 e. The first kappa shape index (κ1) is 27.8. The molecule has 2 aromatic rings. The Morgan fingerprint density at radius 2 is 1.82 bits per heavy atom. The quantitative estimate of drug-likeness (QED) is 0.542. The number of nitrogens with one attached hydrogen (secondary N) is 1. The monoisotopic (exact) mass is 540 g/mol. The number of amides is 2. The van der Waals surface area contributed by atoms with Crippen molar-refractivity contribution in [1.29, 1.82) is 0 Å². The van der Waals surface area contributed by atoms with Crippen molar-refractivity contribution < 1.29 is 22.7 Å². The minimum atomic E-state index is -3.63. The molecule has 2 heterocycles. The van der Waals surface area contributed by atoms with E-state index >= 15 is 0 Å². The highest BCUT2D eigenvalue weighted by molar-refractivity contribution is 7.89. The van der Waals surface area contributed by atoms with E-state index in [1.54, 1.807) is 44.3 Å². The average molecular weight is 541 g/mol. The average Bonchev–Trinajstić information content (AvgIpc) is 2.87. The number of likely N-dealkylation sites (N-methyl/N-ethyl adjacent to an activating group) is 1. The summed E-state index contributed by atoms with van der Waals surface area (Å²) in [6.07, 6.45) is 0.